The van der Waals surface area contributed by atoms with Crippen molar-refractivity contribution in [1.82, 2.24) is 0 Å². The van der Waals surface area contributed by atoms with Gasteiger partial charge in [0.15, 0.2) is 11.2 Å². The minimum atomic E-state index is -0.496. The Morgan fingerprint density at radius 3 is 2.48 bits per heavy atom. The quantitative estimate of drug-likeness (QED) is 0.537. The summed E-state index contributed by atoms with van der Waals surface area (Å²) in [5, 5.41) is 0.540. The third kappa shape index (κ3) is 2.80. The molecule has 4 nitrogen and oxygen atoms in total. The maximum atomic E-state index is 12.4. The van der Waals surface area contributed by atoms with Crippen molar-refractivity contribution < 1.29 is 14.0 Å². The molecule has 0 aliphatic heterocycles. The molecule has 0 bridgehead atoms. The van der Waals surface area contributed by atoms with E-state index in [0.29, 0.717) is 35.1 Å². The summed E-state index contributed by atoms with van der Waals surface area (Å²) in [6.45, 7) is 0. The van der Waals surface area contributed by atoms with Crippen molar-refractivity contribution in [2.75, 3.05) is 0 Å². The van der Waals surface area contributed by atoms with Gasteiger partial charge in [0.05, 0.1) is 11.3 Å². The van der Waals surface area contributed by atoms with Crippen LogP contribution in [0.15, 0.2) is 63.8 Å². The number of hydrogen-bond acceptors (Lipinski definition) is 4. The summed E-state index contributed by atoms with van der Waals surface area (Å²) in [5.74, 6) is -0.118. The summed E-state index contributed by atoms with van der Waals surface area (Å²) >= 11 is 0. The first-order valence-corrected chi connectivity index (χ1v) is 8.34. The van der Waals surface area contributed by atoms with Crippen LogP contribution in [0.3, 0.4) is 0 Å². The van der Waals surface area contributed by atoms with Crippen molar-refractivity contribution in [2.24, 2.45) is 5.92 Å². The SMILES string of the molecule is O=C1CCCC1C(=O)c1ccc(-c2cc(=O)c3ccccc3o2)cc1. The number of hydrogen-bond donors (Lipinski definition) is 0. The third-order valence-electron chi connectivity index (χ3n) is 4.71. The third-order valence-corrected chi connectivity index (χ3v) is 4.71. The van der Waals surface area contributed by atoms with Crippen LogP contribution in [-0.4, -0.2) is 11.6 Å². The molecule has 1 unspecified atom stereocenters. The van der Waals surface area contributed by atoms with Gasteiger partial charge in [-0.05, 0) is 25.0 Å². The smallest absolute Gasteiger partial charge is 0.193 e. The Balaban J connectivity index is 1.67. The van der Waals surface area contributed by atoms with Crippen molar-refractivity contribution in [3.8, 4) is 11.3 Å². The maximum Gasteiger partial charge on any atom is 0.193 e. The van der Waals surface area contributed by atoms with Crippen LogP contribution in [0, 0.1) is 5.92 Å². The highest BCUT2D eigenvalue weighted by Gasteiger charge is 2.31. The Kier molecular flexibility index (Phi) is 3.80. The van der Waals surface area contributed by atoms with Crippen molar-refractivity contribution >= 4 is 22.5 Å². The van der Waals surface area contributed by atoms with E-state index in [-0.39, 0.29) is 17.0 Å². The van der Waals surface area contributed by atoms with E-state index in [9.17, 15) is 14.4 Å². The summed E-state index contributed by atoms with van der Waals surface area (Å²) in [6, 6.07) is 15.4. The molecule has 4 heteroatoms. The molecule has 1 fully saturated rings. The highest BCUT2D eigenvalue weighted by Crippen LogP contribution is 2.27. The summed E-state index contributed by atoms with van der Waals surface area (Å²) in [4.78, 5) is 36.4. The van der Waals surface area contributed by atoms with Crippen LogP contribution >= 0.6 is 0 Å². The number of rotatable bonds is 3. The predicted molar refractivity (Wildman–Crippen MR) is 94.6 cm³/mol. The second-order valence-corrected chi connectivity index (χ2v) is 6.32. The van der Waals surface area contributed by atoms with Crippen LogP contribution in [0.25, 0.3) is 22.3 Å². The largest absolute Gasteiger partial charge is 0.456 e. The Morgan fingerprint density at radius 2 is 1.76 bits per heavy atom. The van der Waals surface area contributed by atoms with Gasteiger partial charge in [0.25, 0.3) is 0 Å². The van der Waals surface area contributed by atoms with Gasteiger partial charge in [-0.1, -0.05) is 36.4 Å². The first-order chi connectivity index (χ1) is 12.1. The lowest BCUT2D eigenvalue weighted by Gasteiger charge is -2.08. The van der Waals surface area contributed by atoms with Crippen LogP contribution in [0.4, 0.5) is 0 Å². The zero-order chi connectivity index (χ0) is 17.4. The van der Waals surface area contributed by atoms with E-state index in [4.69, 9.17) is 4.42 Å². The average molecular weight is 332 g/mol. The second kappa shape index (κ2) is 6.13. The molecule has 0 amide bonds. The van der Waals surface area contributed by atoms with E-state index in [0.717, 1.165) is 12.0 Å². The summed E-state index contributed by atoms with van der Waals surface area (Å²) < 4.78 is 5.81. The summed E-state index contributed by atoms with van der Waals surface area (Å²) in [7, 11) is 0. The molecule has 4 rings (SSSR count). The first-order valence-electron chi connectivity index (χ1n) is 8.34. The number of ketones is 2. The standard InChI is InChI=1S/C21H16O4/c22-17-6-3-5-16(17)21(24)14-10-8-13(9-11-14)20-12-18(23)15-4-1-2-7-19(15)25-20/h1-2,4,7-12,16H,3,5-6H2. The van der Waals surface area contributed by atoms with Crippen molar-refractivity contribution in [3.05, 3.63) is 70.4 Å². The Morgan fingerprint density at radius 1 is 1.00 bits per heavy atom. The predicted octanol–water partition coefficient (Wildman–Crippen LogP) is 4.01. The van der Waals surface area contributed by atoms with Gasteiger partial charge in [0.1, 0.15) is 17.1 Å². The molecule has 2 aromatic carbocycles. The van der Waals surface area contributed by atoms with E-state index < -0.39 is 5.92 Å². The minimum Gasteiger partial charge on any atom is -0.456 e. The van der Waals surface area contributed by atoms with E-state index in [1.807, 2.05) is 6.07 Å². The topological polar surface area (TPSA) is 64.3 Å². The van der Waals surface area contributed by atoms with Gasteiger partial charge in [0, 0.05) is 23.6 Å². The Bertz CT molecular complexity index is 1030. The van der Waals surface area contributed by atoms with E-state index in [1.54, 1.807) is 42.5 Å². The molecule has 1 atom stereocenters. The van der Waals surface area contributed by atoms with Gasteiger partial charge in [-0.3, -0.25) is 14.4 Å². The molecule has 1 aliphatic rings. The van der Waals surface area contributed by atoms with Gasteiger partial charge >= 0.3 is 0 Å². The Hall–Kier alpha value is -3.01. The van der Waals surface area contributed by atoms with Gasteiger partial charge < -0.3 is 4.42 Å². The van der Waals surface area contributed by atoms with Crippen LogP contribution in [0.5, 0.6) is 0 Å². The molecule has 1 saturated carbocycles. The molecule has 1 aromatic heterocycles. The number of Topliss-reactive ketones (excluding diaryl/α,β-unsaturated/α-hetero) is 2. The normalized spacial score (nSPS) is 17.1. The lowest BCUT2D eigenvalue weighted by atomic mass is 9.94. The van der Waals surface area contributed by atoms with Gasteiger partial charge in [-0.15, -0.1) is 0 Å². The zero-order valence-corrected chi connectivity index (χ0v) is 13.5. The number of para-hydroxylation sites is 1. The fourth-order valence-electron chi connectivity index (χ4n) is 3.34. The van der Waals surface area contributed by atoms with Gasteiger partial charge in [0.2, 0.25) is 0 Å². The maximum absolute atomic E-state index is 12.4. The highest BCUT2D eigenvalue weighted by molar-refractivity contribution is 6.11. The molecule has 25 heavy (non-hydrogen) atoms. The summed E-state index contributed by atoms with van der Waals surface area (Å²) in [5.41, 5.74) is 1.67. The van der Waals surface area contributed by atoms with Crippen molar-refractivity contribution in [2.45, 2.75) is 19.3 Å². The lowest BCUT2D eigenvalue weighted by molar-refractivity contribution is -0.119. The molecule has 3 aromatic rings. The molecule has 0 saturated heterocycles. The van der Waals surface area contributed by atoms with Crippen LogP contribution in [0.2, 0.25) is 0 Å². The molecular weight excluding hydrogens is 316 g/mol. The Labute approximate surface area is 144 Å². The molecule has 0 N–H and O–H groups in total. The van der Waals surface area contributed by atoms with E-state index >= 15 is 0 Å². The molecule has 1 aliphatic carbocycles. The molecule has 1 heterocycles. The molecule has 0 radical (unpaired) electrons. The minimum absolute atomic E-state index is 0.0367. The average Bonchev–Trinajstić information content (AvgIpc) is 3.07. The summed E-state index contributed by atoms with van der Waals surface area (Å²) in [6.07, 6.45) is 1.92. The van der Waals surface area contributed by atoms with Crippen LogP contribution < -0.4 is 5.43 Å². The van der Waals surface area contributed by atoms with Crippen molar-refractivity contribution in [1.29, 1.82) is 0 Å². The van der Waals surface area contributed by atoms with Crippen molar-refractivity contribution in [3.63, 3.8) is 0 Å². The molecule has 124 valence electrons. The first kappa shape index (κ1) is 15.5. The fourth-order valence-corrected chi connectivity index (χ4v) is 3.34. The van der Waals surface area contributed by atoms with Gasteiger partial charge in [-0.2, -0.15) is 0 Å². The van der Waals surface area contributed by atoms with E-state index in [2.05, 4.69) is 0 Å². The van der Waals surface area contributed by atoms with Crippen LogP contribution in [-0.2, 0) is 4.79 Å². The fraction of sp³-hybridized carbons (Fsp3) is 0.190. The molecular formula is C21H16O4. The highest BCUT2D eigenvalue weighted by atomic mass is 16.3. The van der Waals surface area contributed by atoms with Gasteiger partial charge in [-0.25, -0.2) is 0 Å². The second-order valence-electron chi connectivity index (χ2n) is 6.32. The van der Waals surface area contributed by atoms with Crippen LogP contribution in [0.1, 0.15) is 29.6 Å². The molecule has 0 spiro atoms. The zero-order valence-electron chi connectivity index (χ0n) is 13.5. The van der Waals surface area contributed by atoms with E-state index in [1.165, 1.54) is 6.07 Å². The lowest BCUT2D eigenvalue weighted by Crippen LogP contribution is -2.18. The number of carbonyl (C=O) groups is 2. The number of fused-ring (bicyclic) bond motifs is 1. The number of benzene rings is 2. The number of carbonyl (C=O) groups excluding carboxylic acids is 2. The monoisotopic (exact) mass is 332 g/mol.